The van der Waals surface area contributed by atoms with Crippen molar-refractivity contribution in [2.45, 2.75) is 104 Å². The number of benzene rings is 5. The Balaban J connectivity index is 1.30. The van der Waals surface area contributed by atoms with Crippen LogP contribution in [0.3, 0.4) is 0 Å². The lowest BCUT2D eigenvalue weighted by molar-refractivity contribution is 0.210. The first kappa shape index (κ1) is 33.9. The van der Waals surface area contributed by atoms with Crippen LogP contribution in [0, 0.1) is 19.3 Å². The Labute approximate surface area is 332 Å². The van der Waals surface area contributed by atoms with Gasteiger partial charge in [0.05, 0.1) is 5.69 Å². The zero-order chi connectivity index (χ0) is 38.0. The molecule has 1 fully saturated rings. The first-order valence-corrected chi connectivity index (χ1v) is 21.4. The molecular formula is C51H51BN2S. The molecule has 0 bridgehead atoms. The van der Waals surface area contributed by atoms with Crippen LogP contribution in [-0.2, 0) is 10.8 Å². The number of thioether (sulfide) groups is 1. The third-order valence-electron chi connectivity index (χ3n) is 14.7. The molecule has 0 saturated heterocycles. The van der Waals surface area contributed by atoms with E-state index in [1.807, 2.05) is 0 Å². The standard InChI is InChI=1S/C51H51BN2S/c1-30-26-39-43-40(27-30)54-44-37(42-45(54)36-19-15-16-31(2)41(36)49(42,6)7)28-33(32-17-11-10-12-18-32)29-38(44)52(43)47-46(50(8)24-13-14-25-51(50,9)55-47)53(39)35-22-20-34(21-23-35)48(3,4)5/h10-12,15-23,26-29H,13-14,24-25H2,1-9H3. The molecule has 0 spiro atoms. The predicted octanol–water partition coefficient (Wildman–Crippen LogP) is 12.4. The Bertz CT molecular complexity index is 2690. The molecule has 5 aliphatic rings. The van der Waals surface area contributed by atoms with Crippen molar-refractivity contribution in [3.8, 4) is 28.1 Å². The number of nitrogens with zero attached hydrogens (tertiary/aromatic N) is 2. The van der Waals surface area contributed by atoms with Gasteiger partial charge in [0.25, 0.3) is 6.71 Å². The lowest BCUT2D eigenvalue weighted by Gasteiger charge is -2.49. The number of rotatable bonds is 2. The molecule has 0 N–H and O–H groups in total. The number of fused-ring (bicyclic) bond motifs is 10. The highest BCUT2D eigenvalue weighted by Gasteiger charge is 2.61. The van der Waals surface area contributed by atoms with Gasteiger partial charge in [0.1, 0.15) is 0 Å². The number of allylic oxidation sites excluding steroid dienone is 1. The van der Waals surface area contributed by atoms with E-state index in [1.54, 1.807) is 10.5 Å². The number of hydrogen-bond acceptors (Lipinski definition) is 2. The third-order valence-corrected chi connectivity index (χ3v) is 16.4. The van der Waals surface area contributed by atoms with Gasteiger partial charge >= 0.3 is 0 Å². The highest BCUT2D eigenvalue weighted by molar-refractivity contribution is 8.06. The minimum absolute atomic E-state index is 0.0470. The molecule has 11 rings (SSSR count). The summed E-state index contributed by atoms with van der Waals surface area (Å²) in [5.41, 5.74) is 22.4. The fourth-order valence-corrected chi connectivity index (χ4v) is 13.8. The Morgan fingerprint density at radius 2 is 1.45 bits per heavy atom. The van der Waals surface area contributed by atoms with Crippen LogP contribution >= 0.6 is 11.8 Å². The highest BCUT2D eigenvalue weighted by atomic mass is 32.2. The van der Waals surface area contributed by atoms with E-state index in [0.717, 1.165) is 0 Å². The van der Waals surface area contributed by atoms with E-state index in [-0.39, 0.29) is 27.7 Å². The average molecular weight is 735 g/mol. The number of aromatic nitrogens is 1. The molecule has 4 heteroatoms. The van der Waals surface area contributed by atoms with E-state index in [2.05, 4.69) is 181 Å². The van der Waals surface area contributed by atoms with Gasteiger partial charge in [-0.15, -0.1) is 11.8 Å². The molecule has 274 valence electrons. The molecule has 1 aromatic heterocycles. The fourth-order valence-electron chi connectivity index (χ4n) is 11.9. The Hall–Kier alpha value is -4.41. The van der Waals surface area contributed by atoms with Crippen LogP contribution in [0.15, 0.2) is 108 Å². The summed E-state index contributed by atoms with van der Waals surface area (Å²) in [6.45, 7) is 22.0. The molecule has 2 aliphatic carbocycles. The van der Waals surface area contributed by atoms with Gasteiger partial charge in [-0.05, 0) is 124 Å². The fraction of sp³-hybridized carbons (Fsp3) is 0.333. The van der Waals surface area contributed by atoms with Crippen molar-refractivity contribution in [3.63, 3.8) is 0 Å². The second-order valence-electron chi connectivity index (χ2n) is 19.4. The van der Waals surface area contributed by atoms with Crippen molar-refractivity contribution in [1.82, 2.24) is 4.57 Å². The van der Waals surface area contributed by atoms with Crippen LogP contribution in [-0.4, -0.2) is 16.0 Å². The first-order chi connectivity index (χ1) is 26.2. The number of hydrogen-bond donors (Lipinski definition) is 0. The van der Waals surface area contributed by atoms with Crippen molar-refractivity contribution < 1.29 is 0 Å². The first-order valence-electron chi connectivity index (χ1n) is 20.6. The van der Waals surface area contributed by atoms with Gasteiger partial charge < -0.3 is 9.47 Å². The SMILES string of the molecule is Cc1cc2c3c(c1)-n1c4c(c5cc(-c6ccccc6)cc(c51)B3C1=C(N2c2ccc(C(C)(C)C)cc2)C2(C)CCCCC2(C)S1)C(C)(C)c1c(C)cccc1-4. The largest absolute Gasteiger partial charge is 0.314 e. The van der Waals surface area contributed by atoms with Crippen molar-refractivity contribution in [2.75, 3.05) is 4.90 Å². The normalized spacial score (nSPS) is 22.8. The van der Waals surface area contributed by atoms with E-state index in [1.165, 1.54) is 115 Å². The van der Waals surface area contributed by atoms with E-state index in [4.69, 9.17) is 0 Å². The second kappa shape index (κ2) is 10.9. The van der Waals surface area contributed by atoms with E-state index < -0.39 is 0 Å². The molecule has 0 radical (unpaired) electrons. The van der Waals surface area contributed by atoms with Gasteiger partial charge in [0.2, 0.25) is 0 Å². The quantitative estimate of drug-likeness (QED) is 0.164. The van der Waals surface area contributed by atoms with Crippen LogP contribution in [0.25, 0.3) is 39.0 Å². The molecule has 6 aromatic rings. The average Bonchev–Trinajstić information content (AvgIpc) is 3.72. The molecule has 5 aromatic carbocycles. The van der Waals surface area contributed by atoms with Gasteiger partial charge in [0, 0.05) is 54.8 Å². The van der Waals surface area contributed by atoms with Crippen LogP contribution < -0.4 is 15.8 Å². The summed E-state index contributed by atoms with van der Waals surface area (Å²) in [4.78, 5) is 4.34. The van der Waals surface area contributed by atoms with Gasteiger partial charge in [0.15, 0.2) is 0 Å². The maximum Gasteiger partial charge on any atom is 0.259 e. The molecule has 4 heterocycles. The summed E-state index contributed by atoms with van der Waals surface area (Å²) >= 11 is 2.24. The van der Waals surface area contributed by atoms with Gasteiger partial charge in [-0.1, -0.05) is 121 Å². The van der Waals surface area contributed by atoms with Crippen molar-refractivity contribution in [1.29, 1.82) is 0 Å². The van der Waals surface area contributed by atoms with E-state index >= 15 is 0 Å². The number of aryl methyl sites for hydroxylation is 2. The van der Waals surface area contributed by atoms with Crippen LogP contribution in [0.4, 0.5) is 11.4 Å². The summed E-state index contributed by atoms with van der Waals surface area (Å²) in [7, 11) is 0. The number of anilines is 2. The van der Waals surface area contributed by atoms with Gasteiger partial charge in [-0.2, -0.15) is 0 Å². The molecule has 2 unspecified atom stereocenters. The van der Waals surface area contributed by atoms with Gasteiger partial charge in [-0.25, -0.2) is 0 Å². The maximum atomic E-state index is 2.75. The minimum Gasteiger partial charge on any atom is -0.314 e. The second-order valence-corrected chi connectivity index (χ2v) is 20.9. The third kappa shape index (κ3) is 4.25. The van der Waals surface area contributed by atoms with Crippen LogP contribution in [0.1, 0.15) is 102 Å². The predicted molar refractivity (Wildman–Crippen MR) is 238 cm³/mol. The lowest BCUT2D eigenvalue weighted by atomic mass is 9.36. The smallest absolute Gasteiger partial charge is 0.259 e. The zero-order valence-electron chi connectivity index (χ0n) is 33.9. The minimum atomic E-state index is -0.137. The zero-order valence-corrected chi connectivity index (χ0v) is 34.8. The van der Waals surface area contributed by atoms with E-state index in [9.17, 15) is 0 Å². The molecular weight excluding hydrogens is 683 g/mol. The summed E-state index contributed by atoms with van der Waals surface area (Å²) < 4.78 is 2.86. The van der Waals surface area contributed by atoms with Crippen molar-refractivity contribution >= 4 is 51.7 Å². The maximum absolute atomic E-state index is 2.75. The summed E-state index contributed by atoms with van der Waals surface area (Å²) in [6.07, 6.45) is 5.07. The summed E-state index contributed by atoms with van der Waals surface area (Å²) in [5.74, 6) is 0. The Morgan fingerprint density at radius 1 is 0.727 bits per heavy atom. The molecule has 2 atom stereocenters. The lowest BCUT2D eigenvalue weighted by Crippen LogP contribution is -2.55. The van der Waals surface area contributed by atoms with Crippen molar-refractivity contribution in [2.24, 2.45) is 5.41 Å². The van der Waals surface area contributed by atoms with Crippen molar-refractivity contribution in [3.05, 3.63) is 135 Å². The topological polar surface area (TPSA) is 8.17 Å². The monoisotopic (exact) mass is 734 g/mol. The molecule has 2 nitrogen and oxygen atoms in total. The summed E-state index contributed by atoms with van der Waals surface area (Å²) in [5, 5.41) is 1.42. The molecule has 55 heavy (non-hydrogen) atoms. The van der Waals surface area contributed by atoms with Gasteiger partial charge in [-0.3, -0.25) is 0 Å². The molecule has 3 aliphatic heterocycles. The van der Waals surface area contributed by atoms with Crippen LogP contribution in [0.2, 0.25) is 0 Å². The molecule has 1 saturated carbocycles. The molecule has 0 amide bonds. The summed E-state index contributed by atoms with van der Waals surface area (Å²) in [6, 6.07) is 37.9. The Kier molecular flexibility index (Phi) is 6.72. The highest BCUT2D eigenvalue weighted by Crippen LogP contribution is 2.68. The Morgan fingerprint density at radius 3 is 2.20 bits per heavy atom. The van der Waals surface area contributed by atoms with Crippen LogP contribution in [0.5, 0.6) is 0 Å². The van der Waals surface area contributed by atoms with E-state index in [0.29, 0.717) is 0 Å².